The number of hydrogen-bond acceptors (Lipinski definition) is 3. The molecule has 0 aliphatic heterocycles. The van der Waals surface area contributed by atoms with Crippen LogP contribution < -0.4 is 10.1 Å². The van der Waals surface area contributed by atoms with Gasteiger partial charge in [-0.05, 0) is 49.7 Å². The number of nitrogens with one attached hydrogen (secondary N) is 1. The van der Waals surface area contributed by atoms with Gasteiger partial charge in [-0.2, -0.15) is 0 Å². The van der Waals surface area contributed by atoms with E-state index in [1.54, 1.807) is 30.3 Å². The lowest BCUT2D eigenvalue weighted by atomic mass is 10.0. The first kappa shape index (κ1) is 18.0. The maximum Gasteiger partial charge on any atom is 0.224 e. The molecule has 0 aliphatic carbocycles. The van der Waals surface area contributed by atoms with E-state index < -0.39 is 0 Å². The zero-order valence-corrected chi connectivity index (χ0v) is 14.7. The first-order valence-corrected chi connectivity index (χ1v) is 8.02. The summed E-state index contributed by atoms with van der Waals surface area (Å²) < 4.78 is 5.22. The summed E-state index contributed by atoms with van der Waals surface area (Å²) in [6.45, 7) is 3.77. The fraction of sp³-hybridized carbons (Fsp3) is 0.263. The first-order chi connectivity index (χ1) is 11.4. The van der Waals surface area contributed by atoms with Crippen LogP contribution in [0.5, 0.6) is 5.75 Å². The molecule has 0 heterocycles. The van der Waals surface area contributed by atoms with Crippen LogP contribution in [0.1, 0.15) is 34.3 Å². The summed E-state index contributed by atoms with van der Waals surface area (Å²) in [6, 6.07) is 10.7. The first-order valence-electron chi connectivity index (χ1n) is 7.64. The number of ether oxygens (including phenoxy) is 1. The summed E-state index contributed by atoms with van der Waals surface area (Å²) >= 11 is 5.90. The predicted molar refractivity (Wildman–Crippen MR) is 96.1 cm³/mol. The fourth-order valence-electron chi connectivity index (χ4n) is 2.38. The highest BCUT2D eigenvalue weighted by Crippen LogP contribution is 2.23. The van der Waals surface area contributed by atoms with Gasteiger partial charge in [-0.3, -0.25) is 9.59 Å². The number of methoxy groups -OCH3 is 1. The number of rotatable bonds is 6. The lowest BCUT2D eigenvalue weighted by Crippen LogP contribution is -2.14. The van der Waals surface area contributed by atoms with Crippen LogP contribution in [0.15, 0.2) is 36.4 Å². The molecular weight excluding hydrogens is 326 g/mol. The van der Waals surface area contributed by atoms with Crippen molar-refractivity contribution in [1.29, 1.82) is 0 Å². The number of ketones is 1. The summed E-state index contributed by atoms with van der Waals surface area (Å²) in [5, 5.41) is 3.42. The molecule has 0 radical (unpaired) electrons. The highest BCUT2D eigenvalue weighted by Gasteiger charge is 2.14. The van der Waals surface area contributed by atoms with Crippen LogP contribution in [-0.4, -0.2) is 18.8 Å². The van der Waals surface area contributed by atoms with Crippen LogP contribution in [0.4, 0.5) is 5.69 Å². The van der Waals surface area contributed by atoms with Gasteiger partial charge in [0.1, 0.15) is 5.75 Å². The van der Waals surface area contributed by atoms with Gasteiger partial charge in [-0.1, -0.05) is 23.2 Å². The topological polar surface area (TPSA) is 55.4 Å². The van der Waals surface area contributed by atoms with E-state index in [2.05, 4.69) is 5.32 Å². The number of hydrogen-bond donors (Lipinski definition) is 1. The van der Waals surface area contributed by atoms with Crippen LogP contribution in [0.25, 0.3) is 0 Å². The minimum Gasteiger partial charge on any atom is -0.496 e. The van der Waals surface area contributed by atoms with E-state index in [1.807, 2.05) is 19.9 Å². The minimum atomic E-state index is -0.208. The van der Waals surface area contributed by atoms with Gasteiger partial charge in [0.2, 0.25) is 5.91 Å². The fourth-order valence-corrected chi connectivity index (χ4v) is 2.61. The van der Waals surface area contributed by atoms with Crippen molar-refractivity contribution in [2.24, 2.45) is 0 Å². The Morgan fingerprint density at radius 3 is 2.50 bits per heavy atom. The van der Waals surface area contributed by atoms with Gasteiger partial charge in [-0.15, -0.1) is 0 Å². The van der Waals surface area contributed by atoms with Crippen LogP contribution in [0, 0.1) is 13.8 Å². The highest BCUT2D eigenvalue weighted by molar-refractivity contribution is 6.30. The van der Waals surface area contributed by atoms with Crippen molar-refractivity contribution < 1.29 is 14.3 Å². The summed E-state index contributed by atoms with van der Waals surface area (Å²) in [4.78, 5) is 24.4. The molecule has 0 saturated carbocycles. The number of halogens is 1. The van der Waals surface area contributed by atoms with Gasteiger partial charge in [0.05, 0.1) is 12.7 Å². The minimum absolute atomic E-state index is 0.109. The zero-order chi connectivity index (χ0) is 17.7. The van der Waals surface area contributed by atoms with Gasteiger partial charge in [0.25, 0.3) is 0 Å². The molecule has 126 valence electrons. The number of benzene rings is 2. The Hall–Kier alpha value is -2.33. The summed E-state index contributed by atoms with van der Waals surface area (Å²) in [7, 11) is 1.53. The molecule has 2 aromatic carbocycles. The molecule has 1 amide bonds. The summed E-state index contributed by atoms with van der Waals surface area (Å²) in [5.41, 5.74) is 3.06. The molecule has 0 fully saturated rings. The molecule has 5 heteroatoms. The molecule has 2 rings (SSSR count). The summed E-state index contributed by atoms with van der Waals surface area (Å²) in [6.07, 6.45) is 0.232. The van der Waals surface area contributed by atoms with Crippen molar-refractivity contribution in [3.05, 3.63) is 58.1 Å². The third-order valence-electron chi connectivity index (χ3n) is 3.70. The Kier molecular flexibility index (Phi) is 5.99. The molecule has 0 aromatic heterocycles. The largest absolute Gasteiger partial charge is 0.496 e. The highest BCUT2D eigenvalue weighted by atomic mass is 35.5. The summed E-state index contributed by atoms with van der Waals surface area (Å²) in [5.74, 6) is 0.207. The quantitative estimate of drug-likeness (QED) is 0.780. The third kappa shape index (κ3) is 4.59. The molecule has 0 saturated heterocycles. The zero-order valence-electron chi connectivity index (χ0n) is 14.0. The Labute approximate surface area is 146 Å². The van der Waals surface area contributed by atoms with Crippen LogP contribution >= 0.6 is 11.6 Å². The van der Waals surface area contributed by atoms with E-state index in [1.165, 1.54) is 7.11 Å². The molecule has 0 aliphatic rings. The van der Waals surface area contributed by atoms with Crippen molar-refractivity contribution in [1.82, 2.24) is 0 Å². The Balaban J connectivity index is 1.99. The normalized spacial score (nSPS) is 10.3. The average molecular weight is 346 g/mol. The van der Waals surface area contributed by atoms with E-state index in [4.69, 9.17) is 16.3 Å². The van der Waals surface area contributed by atoms with Gasteiger partial charge in [0.15, 0.2) is 5.78 Å². The number of carbonyl (C=O) groups is 2. The molecule has 1 N–H and O–H groups in total. The second-order valence-electron chi connectivity index (χ2n) is 5.63. The Bertz CT molecular complexity index is 771. The van der Waals surface area contributed by atoms with Crippen LogP contribution in [-0.2, 0) is 4.79 Å². The second-order valence-corrected chi connectivity index (χ2v) is 6.07. The molecule has 0 bridgehead atoms. The van der Waals surface area contributed by atoms with Gasteiger partial charge in [-0.25, -0.2) is 0 Å². The van der Waals surface area contributed by atoms with Crippen molar-refractivity contribution in [3.63, 3.8) is 0 Å². The van der Waals surface area contributed by atoms with Crippen LogP contribution in [0.3, 0.4) is 0 Å². The molecule has 0 spiro atoms. The monoisotopic (exact) mass is 345 g/mol. The third-order valence-corrected chi connectivity index (χ3v) is 3.93. The molecule has 2 aromatic rings. The van der Waals surface area contributed by atoms with E-state index in [9.17, 15) is 9.59 Å². The van der Waals surface area contributed by atoms with Crippen molar-refractivity contribution in [3.8, 4) is 5.75 Å². The lowest BCUT2D eigenvalue weighted by Gasteiger charge is -2.10. The van der Waals surface area contributed by atoms with Crippen molar-refractivity contribution in [2.45, 2.75) is 26.7 Å². The maximum atomic E-state index is 12.4. The average Bonchev–Trinajstić information content (AvgIpc) is 2.55. The number of aryl methyl sites for hydroxylation is 2. The molecule has 0 unspecified atom stereocenters. The Morgan fingerprint density at radius 2 is 1.83 bits per heavy atom. The van der Waals surface area contributed by atoms with Gasteiger partial charge < -0.3 is 10.1 Å². The molecular formula is C19H20ClNO3. The van der Waals surface area contributed by atoms with Gasteiger partial charge in [0, 0.05) is 23.6 Å². The number of Topliss-reactive ketones (excluding diaryl/α,β-unsaturated/α-hetero) is 1. The van der Waals surface area contributed by atoms with E-state index in [0.717, 1.165) is 11.1 Å². The van der Waals surface area contributed by atoms with Crippen molar-refractivity contribution >= 4 is 29.0 Å². The SMILES string of the molecule is COc1ccc(C)cc1C(=O)CCC(=O)Nc1ccc(Cl)cc1C. The number of amides is 1. The lowest BCUT2D eigenvalue weighted by molar-refractivity contribution is -0.116. The van der Waals surface area contributed by atoms with E-state index >= 15 is 0 Å². The Morgan fingerprint density at radius 1 is 1.08 bits per heavy atom. The predicted octanol–water partition coefficient (Wildman–Crippen LogP) is 4.57. The molecule has 24 heavy (non-hydrogen) atoms. The molecule has 4 nitrogen and oxygen atoms in total. The van der Waals surface area contributed by atoms with E-state index in [0.29, 0.717) is 22.0 Å². The number of carbonyl (C=O) groups excluding carboxylic acids is 2. The van der Waals surface area contributed by atoms with Gasteiger partial charge >= 0.3 is 0 Å². The maximum absolute atomic E-state index is 12.4. The number of anilines is 1. The van der Waals surface area contributed by atoms with E-state index in [-0.39, 0.29) is 24.5 Å². The van der Waals surface area contributed by atoms with Crippen molar-refractivity contribution in [2.75, 3.05) is 12.4 Å². The smallest absolute Gasteiger partial charge is 0.224 e. The molecule has 0 atom stereocenters. The standard InChI is InChI=1S/C19H20ClNO3/c1-12-4-8-18(24-3)15(10-12)17(22)7-9-19(23)21-16-6-5-14(20)11-13(16)2/h4-6,8,10-11H,7,9H2,1-3H3,(H,21,23). The van der Waals surface area contributed by atoms with Crippen LogP contribution in [0.2, 0.25) is 5.02 Å². The second kappa shape index (κ2) is 7.97.